The van der Waals surface area contributed by atoms with Crippen LogP contribution in [0.3, 0.4) is 0 Å². The average molecular weight is 459 g/mol. The van der Waals surface area contributed by atoms with E-state index >= 15 is 0 Å². The van der Waals surface area contributed by atoms with Gasteiger partial charge in [-0.2, -0.15) is 0 Å². The van der Waals surface area contributed by atoms with E-state index in [-0.39, 0.29) is 29.1 Å². The first-order valence-corrected chi connectivity index (χ1v) is 13.0. The molecule has 1 aliphatic rings. The number of carbonyl (C=O) groups is 1. The van der Waals surface area contributed by atoms with Crippen molar-refractivity contribution in [1.82, 2.24) is 19.3 Å². The molecule has 0 bridgehead atoms. The van der Waals surface area contributed by atoms with Crippen LogP contribution in [0.15, 0.2) is 35.5 Å². The van der Waals surface area contributed by atoms with Gasteiger partial charge < -0.3 is 4.57 Å². The van der Waals surface area contributed by atoms with Gasteiger partial charge in [0.05, 0.1) is 22.9 Å². The summed E-state index contributed by atoms with van der Waals surface area (Å²) in [7, 11) is -2.99. The maximum absolute atomic E-state index is 13.1. The van der Waals surface area contributed by atoms with Gasteiger partial charge in [-0.3, -0.25) is 9.36 Å². The van der Waals surface area contributed by atoms with Crippen molar-refractivity contribution in [1.29, 1.82) is 0 Å². The maximum atomic E-state index is 13.1. The van der Waals surface area contributed by atoms with Gasteiger partial charge in [0.15, 0.2) is 20.8 Å². The average Bonchev–Trinajstić information content (AvgIpc) is 3.35. The number of aryl methyl sites for hydroxylation is 3. The van der Waals surface area contributed by atoms with Gasteiger partial charge >= 0.3 is 0 Å². The molecule has 0 N–H and O–H groups in total. The van der Waals surface area contributed by atoms with Crippen molar-refractivity contribution in [2.75, 3.05) is 17.3 Å². The molecule has 0 radical (unpaired) electrons. The Balaban J connectivity index is 1.55. The molecule has 1 unspecified atom stereocenters. The number of sulfone groups is 1. The number of ketones is 1. The lowest BCUT2D eigenvalue weighted by molar-refractivity contribution is 0.102. The summed E-state index contributed by atoms with van der Waals surface area (Å²) in [5.41, 5.74) is 4.51. The minimum atomic E-state index is -2.99. The summed E-state index contributed by atoms with van der Waals surface area (Å²) in [6, 6.07) is 9.79. The summed E-state index contributed by atoms with van der Waals surface area (Å²) >= 11 is 1.36. The smallest absolute Gasteiger partial charge is 0.196 e. The molecule has 164 valence electrons. The van der Waals surface area contributed by atoms with E-state index in [0.29, 0.717) is 17.1 Å². The molecule has 7 nitrogen and oxygen atoms in total. The Bertz CT molecular complexity index is 1260. The van der Waals surface area contributed by atoms with Gasteiger partial charge in [0.1, 0.15) is 5.82 Å². The number of Topliss-reactive ketones (excluding diaryl/α,β-unsaturated/α-hetero) is 1. The van der Waals surface area contributed by atoms with Crippen LogP contribution in [0.25, 0.3) is 5.69 Å². The molecule has 3 aromatic rings. The number of para-hydroxylation sites is 1. The zero-order valence-corrected chi connectivity index (χ0v) is 19.8. The molecule has 1 atom stereocenters. The molecule has 2 aromatic heterocycles. The number of aromatic nitrogens is 4. The second-order valence-electron chi connectivity index (χ2n) is 8.08. The van der Waals surface area contributed by atoms with Crippen LogP contribution in [0, 0.1) is 27.7 Å². The third kappa shape index (κ3) is 4.21. The molecular formula is C22H26N4O3S2. The summed E-state index contributed by atoms with van der Waals surface area (Å²) in [5.74, 6) is 1.36. The highest BCUT2D eigenvalue weighted by Crippen LogP contribution is 2.30. The number of rotatable bonds is 6. The van der Waals surface area contributed by atoms with Crippen molar-refractivity contribution in [2.45, 2.75) is 45.3 Å². The third-order valence-corrected chi connectivity index (χ3v) is 8.52. The van der Waals surface area contributed by atoms with Crippen LogP contribution in [0.2, 0.25) is 0 Å². The Labute approximate surface area is 186 Å². The van der Waals surface area contributed by atoms with E-state index in [1.807, 2.05) is 67.2 Å². The largest absolute Gasteiger partial charge is 0.344 e. The SMILES string of the molecule is Cc1ccccc1-n1c(C)nnc1SCC(=O)c1cc(C)n(C2CCS(=O)(=O)C2)c1C. The van der Waals surface area contributed by atoms with E-state index in [0.717, 1.165) is 28.5 Å². The molecule has 0 saturated carbocycles. The van der Waals surface area contributed by atoms with Crippen LogP contribution < -0.4 is 0 Å². The van der Waals surface area contributed by atoms with Gasteiger partial charge in [-0.15, -0.1) is 10.2 Å². The van der Waals surface area contributed by atoms with E-state index in [4.69, 9.17) is 0 Å². The molecular weight excluding hydrogens is 432 g/mol. The van der Waals surface area contributed by atoms with Gasteiger partial charge in [0.2, 0.25) is 0 Å². The summed E-state index contributed by atoms with van der Waals surface area (Å²) in [6.45, 7) is 7.76. The minimum absolute atomic E-state index is 0.00203. The van der Waals surface area contributed by atoms with Crippen LogP contribution in [0.1, 0.15) is 45.6 Å². The predicted molar refractivity (Wildman–Crippen MR) is 122 cm³/mol. The van der Waals surface area contributed by atoms with Gasteiger partial charge in [-0.25, -0.2) is 8.42 Å². The van der Waals surface area contributed by atoms with Crippen LogP contribution in [0.4, 0.5) is 0 Å². The molecule has 3 heterocycles. The van der Waals surface area contributed by atoms with E-state index in [1.54, 1.807) is 0 Å². The van der Waals surface area contributed by atoms with Crippen molar-refractivity contribution in [3.05, 3.63) is 58.7 Å². The first-order chi connectivity index (χ1) is 14.7. The zero-order valence-electron chi connectivity index (χ0n) is 18.1. The predicted octanol–water partition coefficient (Wildman–Crippen LogP) is 3.64. The molecule has 0 spiro atoms. The highest BCUT2D eigenvalue weighted by Gasteiger charge is 2.31. The number of benzene rings is 1. The summed E-state index contributed by atoms with van der Waals surface area (Å²) in [5, 5.41) is 9.16. The highest BCUT2D eigenvalue weighted by molar-refractivity contribution is 7.99. The lowest BCUT2D eigenvalue weighted by Crippen LogP contribution is -2.14. The lowest BCUT2D eigenvalue weighted by Gasteiger charge is -2.16. The van der Waals surface area contributed by atoms with Crippen molar-refractivity contribution in [2.24, 2.45) is 0 Å². The molecule has 1 aromatic carbocycles. The fourth-order valence-corrected chi connectivity index (χ4v) is 6.91. The first-order valence-electron chi connectivity index (χ1n) is 10.2. The Hall–Kier alpha value is -2.39. The van der Waals surface area contributed by atoms with E-state index in [1.165, 1.54) is 11.8 Å². The lowest BCUT2D eigenvalue weighted by atomic mass is 10.2. The van der Waals surface area contributed by atoms with E-state index in [9.17, 15) is 13.2 Å². The number of hydrogen-bond acceptors (Lipinski definition) is 6. The van der Waals surface area contributed by atoms with E-state index in [2.05, 4.69) is 10.2 Å². The Morgan fingerprint density at radius 2 is 1.90 bits per heavy atom. The fourth-order valence-electron chi connectivity index (χ4n) is 4.34. The van der Waals surface area contributed by atoms with Crippen molar-refractivity contribution < 1.29 is 13.2 Å². The van der Waals surface area contributed by atoms with Crippen molar-refractivity contribution in [3.63, 3.8) is 0 Å². The normalized spacial score (nSPS) is 17.9. The molecule has 0 amide bonds. The summed E-state index contributed by atoms with van der Waals surface area (Å²) in [6.07, 6.45) is 0.597. The minimum Gasteiger partial charge on any atom is -0.344 e. The maximum Gasteiger partial charge on any atom is 0.196 e. The monoisotopic (exact) mass is 458 g/mol. The number of hydrogen-bond donors (Lipinski definition) is 0. The van der Waals surface area contributed by atoms with Crippen molar-refractivity contribution in [3.8, 4) is 5.69 Å². The quantitative estimate of drug-likeness (QED) is 0.414. The van der Waals surface area contributed by atoms with Crippen LogP contribution in [0.5, 0.6) is 0 Å². The Morgan fingerprint density at radius 3 is 2.58 bits per heavy atom. The number of carbonyl (C=O) groups excluding carboxylic acids is 1. The van der Waals surface area contributed by atoms with Crippen LogP contribution >= 0.6 is 11.8 Å². The summed E-state index contributed by atoms with van der Waals surface area (Å²) < 4.78 is 27.8. The molecule has 1 fully saturated rings. The second-order valence-corrected chi connectivity index (χ2v) is 11.2. The van der Waals surface area contributed by atoms with Gasteiger partial charge in [0.25, 0.3) is 0 Å². The van der Waals surface area contributed by atoms with Crippen LogP contribution in [-0.4, -0.2) is 50.8 Å². The van der Waals surface area contributed by atoms with Crippen LogP contribution in [-0.2, 0) is 9.84 Å². The second kappa shape index (κ2) is 8.27. The molecule has 4 rings (SSSR count). The molecule has 1 aliphatic heterocycles. The van der Waals surface area contributed by atoms with Gasteiger partial charge in [0, 0.05) is 23.0 Å². The van der Waals surface area contributed by atoms with Gasteiger partial charge in [-0.05, 0) is 51.8 Å². The molecule has 0 aliphatic carbocycles. The molecule has 1 saturated heterocycles. The Kier molecular flexibility index (Phi) is 5.83. The fraction of sp³-hybridized carbons (Fsp3) is 0.409. The molecule has 31 heavy (non-hydrogen) atoms. The van der Waals surface area contributed by atoms with Gasteiger partial charge in [-0.1, -0.05) is 30.0 Å². The molecule has 9 heteroatoms. The van der Waals surface area contributed by atoms with E-state index < -0.39 is 9.84 Å². The topological polar surface area (TPSA) is 86.8 Å². The first kappa shape index (κ1) is 21.8. The third-order valence-electron chi connectivity index (χ3n) is 5.84. The zero-order chi connectivity index (χ0) is 22.3. The summed E-state index contributed by atoms with van der Waals surface area (Å²) in [4.78, 5) is 13.1. The standard InChI is InChI=1S/C22H26N4O3S2/c1-14-7-5-6-8-20(14)26-17(4)23-24-22(26)30-12-21(27)19-11-15(2)25(16(19)3)18-9-10-31(28,29)13-18/h5-8,11,18H,9-10,12-13H2,1-4H3. The number of thioether (sulfide) groups is 1. The van der Waals surface area contributed by atoms with Crippen molar-refractivity contribution >= 4 is 27.4 Å². The number of nitrogens with zero attached hydrogens (tertiary/aromatic N) is 4. The Morgan fingerprint density at radius 1 is 1.16 bits per heavy atom. The highest BCUT2D eigenvalue weighted by atomic mass is 32.2.